The molecular formula is C66H56N2. The highest BCUT2D eigenvalue weighted by Gasteiger charge is 2.53. The van der Waals surface area contributed by atoms with Gasteiger partial charge in [-0.1, -0.05) is 237 Å². The van der Waals surface area contributed by atoms with E-state index in [-0.39, 0.29) is 11.5 Å². The Morgan fingerprint density at radius 3 is 1.72 bits per heavy atom. The number of nitrogens with two attached hydrogens (primary N) is 1. The lowest BCUT2D eigenvalue weighted by atomic mass is 9.63. The van der Waals surface area contributed by atoms with Gasteiger partial charge in [-0.05, 0) is 139 Å². The van der Waals surface area contributed by atoms with Crippen molar-refractivity contribution >= 4 is 6.72 Å². The van der Waals surface area contributed by atoms with E-state index in [1.807, 2.05) is 18.2 Å². The van der Waals surface area contributed by atoms with Crippen LogP contribution in [-0.4, -0.2) is 6.72 Å². The van der Waals surface area contributed by atoms with Crippen LogP contribution in [-0.2, 0) is 10.8 Å². The van der Waals surface area contributed by atoms with Crippen molar-refractivity contribution in [3.05, 3.63) is 286 Å². The van der Waals surface area contributed by atoms with Crippen LogP contribution in [0, 0.1) is 18.3 Å². The highest BCUT2D eigenvalue weighted by molar-refractivity contribution is 5.99. The van der Waals surface area contributed by atoms with E-state index in [9.17, 15) is 0 Å². The predicted octanol–water partition coefficient (Wildman–Crippen LogP) is 16.1. The van der Waals surface area contributed by atoms with Crippen molar-refractivity contribution in [3.63, 3.8) is 0 Å². The van der Waals surface area contributed by atoms with Crippen LogP contribution in [0.2, 0.25) is 0 Å². The standard InChI is InChI=1S/C58H45N.C7H8.CH3N/c1-37-27-31-42(32-28-37)57(41-17-6-3-7-18-41)51-25-13-10-21-48(51)55-43(22-14-26-52(55)57)39-29-33-46-47-34-30-40(56(59)38-15-4-2-5-16-38)36-54(47)58(53(46)35-39)49-23-11-8-19-44(49)45-20-9-12-24-50(45)58;1-7-5-3-2-4-6-7;1-2/h2-6,8-17,19-27,29-37,56H,7,18,28,59H2,1H3;2-6H,1H3;2H,1H2. The molecule has 2 nitrogen and oxygen atoms in total. The summed E-state index contributed by atoms with van der Waals surface area (Å²) in [7, 11) is 0. The lowest BCUT2D eigenvalue weighted by Crippen LogP contribution is -2.31. The topological polar surface area (TPSA) is 49.9 Å². The second-order valence-electron chi connectivity index (χ2n) is 18.9. The molecule has 68 heavy (non-hydrogen) atoms. The van der Waals surface area contributed by atoms with Gasteiger partial charge in [0.2, 0.25) is 0 Å². The average molecular weight is 877 g/mol. The molecule has 3 N–H and O–H groups in total. The molecule has 2 heteroatoms. The first-order valence-corrected chi connectivity index (χ1v) is 24.1. The predicted molar refractivity (Wildman–Crippen MR) is 285 cm³/mol. The van der Waals surface area contributed by atoms with Crippen LogP contribution in [0.5, 0.6) is 0 Å². The Morgan fingerprint density at radius 1 is 0.544 bits per heavy atom. The summed E-state index contributed by atoms with van der Waals surface area (Å²) in [6, 6.07) is 69.5. The molecule has 0 saturated carbocycles. The molecule has 3 atom stereocenters. The maximum Gasteiger partial charge on any atom is 0.0725 e. The van der Waals surface area contributed by atoms with Crippen LogP contribution >= 0.6 is 0 Å². The Morgan fingerprint density at radius 2 is 1.10 bits per heavy atom. The van der Waals surface area contributed by atoms with Gasteiger partial charge in [-0.15, -0.1) is 0 Å². The third-order valence-corrected chi connectivity index (χ3v) is 15.2. The van der Waals surface area contributed by atoms with Gasteiger partial charge in [-0.25, -0.2) is 0 Å². The molecule has 3 unspecified atom stereocenters. The van der Waals surface area contributed by atoms with E-state index in [1.165, 1.54) is 94.6 Å². The van der Waals surface area contributed by atoms with E-state index in [1.54, 1.807) is 0 Å². The molecule has 5 aliphatic carbocycles. The molecule has 0 amide bonds. The largest absolute Gasteiger partial charge is 0.320 e. The lowest BCUT2D eigenvalue weighted by molar-refractivity contribution is 0.658. The number of benzene rings is 8. The summed E-state index contributed by atoms with van der Waals surface area (Å²) in [5, 5.41) is 5.50. The maximum absolute atomic E-state index is 7.10. The van der Waals surface area contributed by atoms with Gasteiger partial charge in [0.15, 0.2) is 0 Å². The van der Waals surface area contributed by atoms with Crippen molar-refractivity contribution < 1.29 is 0 Å². The molecule has 5 aliphatic rings. The number of aryl methyl sites for hydroxylation is 1. The minimum absolute atomic E-state index is 0.232. The molecule has 330 valence electrons. The summed E-state index contributed by atoms with van der Waals surface area (Å²) in [6.07, 6.45) is 17.6. The van der Waals surface area contributed by atoms with Gasteiger partial charge in [0.05, 0.1) is 16.9 Å². The molecule has 0 bridgehead atoms. The quantitative estimate of drug-likeness (QED) is 0.166. The summed E-state index contributed by atoms with van der Waals surface area (Å²) in [6.45, 7) is 6.91. The SMILES string of the molecule is C=N.CC1C=CC(C2(C3=CC=CCC3)c3ccccc3-c3c(-c4ccc5c(c4)C4(c6ccccc6-c6ccccc64)c4cc(C(N)c6ccccc6)ccc4-5)cccc32)=CC1.Cc1ccccc1. The summed E-state index contributed by atoms with van der Waals surface area (Å²) < 4.78 is 0. The Hall–Kier alpha value is -7.65. The van der Waals surface area contributed by atoms with Crippen molar-refractivity contribution in [3.8, 4) is 44.5 Å². The monoisotopic (exact) mass is 876 g/mol. The van der Waals surface area contributed by atoms with Gasteiger partial charge in [0.1, 0.15) is 0 Å². The molecule has 8 aromatic carbocycles. The van der Waals surface area contributed by atoms with Gasteiger partial charge in [-0.2, -0.15) is 0 Å². The molecular weight excluding hydrogens is 821 g/mol. The number of hydrogen-bond donors (Lipinski definition) is 2. The van der Waals surface area contributed by atoms with Crippen LogP contribution in [0.4, 0.5) is 0 Å². The number of hydrogen-bond acceptors (Lipinski definition) is 2. The minimum Gasteiger partial charge on any atom is -0.320 e. The summed E-state index contributed by atoms with van der Waals surface area (Å²) in [5.41, 5.74) is 31.3. The van der Waals surface area contributed by atoms with E-state index in [2.05, 4.69) is 227 Å². The number of nitrogens with one attached hydrogen (secondary N) is 1. The van der Waals surface area contributed by atoms with Gasteiger partial charge in [0, 0.05) is 0 Å². The normalized spacial score (nSPS) is 18.5. The molecule has 0 radical (unpaired) electrons. The Kier molecular flexibility index (Phi) is 11.1. The van der Waals surface area contributed by atoms with E-state index in [4.69, 9.17) is 11.1 Å². The molecule has 0 aliphatic heterocycles. The molecule has 0 heterocycles. The van der Waals surface area contributed by atoms with Crippen LogP contribution in [0.1, 0.15) is 82.3 Å². The highest BCUT2D eigenvalue weighted by Crippen LogP contribution is 2.65. The fourth-order valence-corrected chi connectivity index (χ4v) is 12.2. The van der Waals surface area contributed by atoms with Gasteiger partial charge in [0.25, 0.3) is 0 Å². The van der Waals surface area contributed by atoms with Crippen molar-refractivity contribution in [2.24, 2.45) is 11.7 Å². The third kappa shape index (κ3) is 6.54. The first-order chi connectivity index (χ1) is 33.5. The Balaban J connectivity index is 0.000000514. The molecule has 0 aromatic heterocycles. The highest BCUT2D eigenvalue weighted by atomic mass is 14.6. The smallest absolute Gasteiger partial charge is 0.0725 e. The zero-order valence-corrected chi connectivity index (χ0v) is 38.9. The molecule has 1 spiro atoms. The molecule has 0 fully saturated rings. The van der Waals surface area contributed by atoms with Gasteiger partial charge in [-0.3, -0.25) is 0 Å². The average Bonchev–Trinajstić information content (AvgIpc) is 4.00. The third-order valence-electron chi connectivity index (χ3n) is 15.2. The van der Waals surface area contributed by atoms with E-state index < -0.39 is 5.41 Å². The van der Waals surface area contributed by atoms with Crippen molar-refractivity contribution in [2.45, 2.75) is 50.0 Å². The van der Waals surface area contributed by atoms with E-state index in [0.717, 1.165) is 30.4 Å². The second-order valence-corrected chi connectivity index (χ2v) is 18.9. The number of rotatable bonds is 5. The molecule has 0 saturated heterocycles. The Bertz CT molecular complexity index is 3300. The molecule has 13 rings (SSSR count). The second kappa shape index (κ2) is 17.5. The number of fused-ring (bicyclic) bond motifs is 13. The summed E-state index contributed by atoms with van der Waals surface area (Å²) in [4.78, 5) is 0. The minimum atomic E-state index is -0.493. The summed E-state index contributed by atoms with van der Waals surface area (Å²) >= 11 is 0. The van der Waals surface area contributed by atoms with Crippen LogP contribution in [0.3, 0.4) is 0 Å². The first-order valence-electron chi connectivity index (χ1n) is 24.1. The van der Waals surface area contributed by atoms with Gasteiger partial charge >= 0.3 is 0 Å². The van der Waals surface area contributed by atoms with Crippen molar-refractivity contribution in [2.75, 3.05) is 0 Å². The zero-order chi connectivity index (χ0) is 46.4. The summed E-state index contributed by atoms with van der Waals surface area (Å²) in [5.74, 6) is 0.539. The zero-order valence-electron chi connectivity index (χ0n) is 38.9. The number of allylic oxidation sites excluding steroid dienone is 8. The van der Waals surface area contributed by atoms with Gasteiger partial charge < -0.3 is 11.1 Å². The first kappa shape index (κ1) is 43.0. The van der Waals surface area contributed by atoms with E-state index >= 15 is 0 Å². The van der Waals surface area contributed by atoms with Crippen LogP contribution < -0.4 is 5.73 Å². The van der Waals surface area contributed by atoms with E-state index in [0.29, 0.717) is 5.92 Å². The van der Waals surface area contributed by atoms with Crippen molar-refractivity contribution in [1.82, 2.24) is 0 Å². The maximum atomic E-state index is 7.10. The molecule has 8 aromatic rings. The van der Waals surface area contributed by atoms with Crippen LogP contribution in [0.15, 0.2) is 236 Å². The van der Waals surface area contributed by atoms with Crippen LogP contribution in [0.25, 0.3) is 44.5 Å². The fraction of sp³-hybridized carbons (Fsp3) is 0.136. The fourth-order valence-electron chi connectivity index (χ4n) is 12.2. The van der Waals surface area contributed by atoms with Crippen molar-refractivity contribution in [1.29, 1.82) is 5.41 Å². The lowest BCUT2D eigenvalue weighted by Gasteiger charge is -2.38. The Labute approximate surface area is 402 Å².